The van der Waals surface area contributed by atoms with Crippen molar-refractivity contribution >= 4 is 17.4 Å². The number of ether oxygens (including phenoxy) is 2. The monoisotopic (exact) mass is 409 g/mol. The second kappa shape index (κ2) is 8.15. The Bertz CT molecular complexity index is 969. The lowest BCUT2D eigenvalue weighted by Gasteiger charge is -2.42. The number of carbonyl (C=O) groups is 1. The molecule has 0 unspecified atom stereocenters. The van der Waals surface area contributed by atoms with Crippen molar-refractivity contribution in [1.82, 2.24) is 0 Å². The first-order valence-electron chi connectivity index (χ1n) is 10.2. The molecule has 0 fully saturated rings. The number of hydrogen-bond acceptors (Lipinski definition) is 4. The van der Waals surface area contributed by atoms with Gasteiger partial charge < -0.3 is 14.6 Å². The molecule has 0 aliphatic carbocycles. The van der Waals surface area contributed by atoms with Gasteiger partial charge in [0.25, 0.3) is 0 Å². The molecule has 1 aliphatic heterocycles. The van der Waals surface area contributed by atoms with E-state index < -0.39 is 17.2 Å². The van der Waals surface area contributed by atoms with Crippen LogP contribution in [-0.4, -0.2) is 36.1 Å². The molecule has 3 rings (SSSR count). The van der Waals surface area contributed by atoms with E-state index >= 15 is 0 Å². The highest BCUT2D eigenvalue weighted by Crippen LogP contribution is 2.43. The van der Waals surface area contributed by atoms with Gasteiger partial charge in [0.05, 0.1) is 18.3 Å². The van der Waals surface area contributed by atoms with Gasteiger partial charge >= 0.3 is 6.09 Å². The molecule has 0 radical (unpaired) electrons. The van der Waals surface area contributed by atoms with Crippen LogP contribution in [0.3, 0.4) is 0 Å². The Labute approximate surface area is 178 Å². The third-order valence-corrected chi connectivity index (χ3v) is 5.06. The zero-order valence-corrected chi connectivity index (χ0v) is 18.7. The predicted octanol–water partition coefficient (Wildman–Crippen LogP) is 5.66. The summed E-state index contributed by atoms with van der Waals surface area (Å²) in [7, 11) is 1.65. The fraction of sp³-hybridized carbons (Fsp3) is 0.400. The third-order valence-electron chi connectivity index (χ3n) is 5.06. The van der Waals surface area contributed by atoms with Crippen LogP contribution in [0.4, 0.5) is 10.5 Å². The van der Waals surface area contributed by atoms with E-state index in [0.29, 0.717) is 6.42 Å². The van der Waals surface area contributed by atoms with E-state index in [1.165, 1.54) is 0 Å². The Morgan fingerprint density at radius 2 is 1.80 bits per heavy atom. The molecule has 160 valence electrons. The van der Waals surface area contributed by atoms with E-state index in [1.54, 1.807) is 12.0 Å². The van der Waals surface area contributed by atoms with Gasteiger partial charge in [0.15, 0.2) is 0 Å². The summed E-state index contributed by atoms with van der Waals surface area (Å²) in [6.07, 6.45) is 2.16. The average Bonchev–Trinajstić information content (AvgIpc) is 2.66. The van der Waals surface area contributed by atoms with Crippen molar-refractivity contribution in [3.8, 4) is 16.9 Å². The van der Waals surface area contributed by atoms with Gasteiger partial charge in [0.2, 0.25) is 0 Å². The second-order valence-electron chi connectivity index (χ2n) is 9.04. The van der Waals surface area contributed by atoms with Crippen molar-refractivity contribution in [2.45, 2.75) is 52.2 Å². The van der Waals surface area contributed by atoms with Crippen LogP contribution in [0.1, 0.15) is 46.6 Å². The molecule has 1 aliphatic rings. The smallest absolute Gasteiger partial charge is 0.415 e. The van der Waals surface area contributed by atoms with Crippen LogP contribution in [0, 0.1) is 0 Å². The summed E-state index contributed by atoms with van der Waals surface area (Å²) in [5.74, 6) is 0.783. The number of methoxy groups -OCH3 is 1. The van der Waals surface area contributed by atoms with E-state index in [0.717, 1.165) is 33.7 Å². The largest absolute Gasteiger partial charge is 0.496 e. The van der Waals surface area contributed by atoms with Gasteiger partial charge in [-0.2, -0.15) is 0 Å². The molecular formula is C25H31NO4. The number of hydrogen-bond donors (Lipinski definition) is 1. The van der Waals surface area contributed by atoms with Crippen molar-refractivity contribution < 1.29 is 19.4 Å². The van der Waals surface area contributed by atoms with Gasteiger partial charge in [-0.3, -0.25) is 4.90 Å². The molecule has 0 atom stereocenters. The number of rotatable bonds is 4. The predicted molar refractivity (Wildman–Crippen MR) is 121 cm³/mol. The van der Waals surface area contributed by atoms with Crippen LogP contribution in [0.25, 0.3) is 16.7 Å². The fourth-order valence-electron chi connectivity index (χ4n) is 3.89. The summed E-state index contributed by atoms with van der Waals surface area (Å²) in [6, 6.07) is 13.8. The van der Waals surface area contributed by atoms with E-state index in [4.69, 9.17) is 9.47 Å². The number of aliphatic hydroxyl groups excluding tert-OH is 1. The molecular weight excluding hydrogens is 378 g/mol. The highest BCUT2D eigenvalue weighted by molar-refractivity contribution is 5.98. The van der Waals surface area contributed by atoms with Crippen LogP contribution in [0.2, 0.25) is 0 Å². The first kappa shape index (κ1) is 21.9. The lowest BCUT2D eigenvalue weighted by molar-refractivity contribution is 0.0556. The van der Waals surface area contributed by atoms with Gasteiger partial charge in [0, 0.05) is 17.7 Å². The third kappa shape index (κ3) is 4.36. The molecule has 0 bridgehead atoms. The number of nitrogens with zero attached hydrogens (tertiary/aromatic N) is 1. The molecule has 5 heteroatoms. The molecule has 1 amide bonds. The molecule has 2 aromatic carbocycles. The number of amides is 1. The lowest BCUT2D eigenvalue weighted by atomic mass is 9.85. The Kier molecular flexibility index (Phi) is 5.95. The van der Waals surface area contributed by atoms with E-state index in [1.807, 2.05) is 77.1 Å². The minimum absolute atomic E-state index is 0.0344. The van der Waals surface area contributed by atoms with Crippen molar-refractivity contribution in [2.75, 3.05) is 18.6 Å². The maximum Gasteiger partial charge on any atom is 0.415 e. The minimum Gasteiger partial charge on any atom is -0.496 e. The number of carbonyl (C=O) groups excluding carboxylic acids is 1. The van der Waals surface area contributed by atoms with E-state index in [-0.39, 0.29) is 6.61 Å². The summed E-state index contributed by atoms with van der Waals surface area (Å²) >= 11 is 0. The summed E-state index contributed by atoms with van der Waals surface area (Å²) < 4.78 is 11.2. The topological polar surface area (TPSA) is 59.0 Å². The van der Waals surface area contributed by atoms with Crippen LogP contribution in [-0.2, 0) is 4.74 Å². The zero-order chi connectivity index (χ0) is 22.1. The highest BCUT2D eigenvalue weighted by atomic mass is 16.6. The molecule has 1 heterocycles. The summed E-state index contributed by atoms with van der Waals surface area (Å²) in [5.41, 5.74) is 3.47. The summed E-state index contributed by atoms with van der Waals surface area (Å²) in [4.78, 5) is 14.8. The molecule has 0 saturated heterocycles. The molecule has 0 spiro atoms. The quantitative estimate of drug-likeness (QED) is 0.708. The number of aliphatic hydroxyl groups is 1. The number of fused-ring (bicyclic) bond motifs is 1. The molecule has 30 heavy (non-hydrogen) atoms. The molecule has 5 nitrogen and oxygen atoms in total. The number of benzene rings is 2. The van der Waals surface area contributed by atoms with E-state index in [9.17, 15) is 9.90 Å². The van der Waals surface area contributed by atoms with Gasteiger partial charge in [-0.1, -0.05) is 30.3 Å². The first-order chi connectivity index (χ1) is 14.1. The maximum atomic E-state index is 13.1. The van der Waals surface area contributed by atoms with Crippen molar-refractivity contribution in [3.05, 3.63) is 54.1 Å². The average molecular weight is 410 g/mol. The molecule has 0 aromatic heterocycles. The van der Waals surface area contributed by atoms with Gasteiger partial charge in [-0.05, 0) is 70.4 Å². The van der Waals surface area contributed by atoms with Crippen molar-refractivity contribution in [3.63, 3.8) is 0 Å². The van der Waals surface area contributed by atoms with Crippen LogP contribution < -0.4 is 9.64 Å². The lowest BCUT2D eigenvalue weighted by Crippen LogP contribution is -2.50. The first-order valence-corrected chi connectivity index (χ1v) is 10.2. The van der Waals surface area contributed by atoms with E-state index in [2.05, 4.69) is 6.07 Å². The molecule has 2 aromatic rings. The number of para-hydroxylation sites is 1. The molecule has 0 saturated carbocycles. The standard InChI is InChI=1S/C25H31NO4/c1-24(2,3)30-23(28)26-21-12-11-17(19-9-7-8-10-22(19)29-6)15-20(21)18(13-14-27)16-25(26,4)5/h7-12,15-16,27H,13-14H2,1-6H3. The minimum atomic E-state index is -0.597. The van der Waals surface area contributed by atoms with Gasteiger partial charge in [0.1, 0.15) is 11.4 Å². The SMILES string of the molecule is COc1ccccc1-c1ccc2c(c1)C(CCO)=CC(C)(C)N2C(=O)OC(C)(C)C. The maximum absolute atomic E-state index is 13.1. The molecule has 1 N–H and O–H groups in total. The zero-order valence-electron chi connectivity index (χ0n) is 18.7. The Morgan fingerprint density at radius 1 is 1.10 bits per heavy atom. The van der Waals surface area contributed by atoms with Crippen molar-refractivity contribution in [1.29, 1.82) is 0 Å². The normalized spacial score (nSPS) is 15.3. The van der Waals surface area contributed by atoms with Gasteiger partial charge in [-0.25, -0.2) is 4.79 Å². The fourth-order valence-corrected chi connectivity index (χ4v) is 3.89. The van der Waals surface area contributed by atoms with Gasteiger partial charge in [-0.15, -0.1) is 0 Å². The summed E-state index contributed by atoms with van der Waals surface area (Å²) in [6.45, 7) is 9.57. The van der Waals surface area contributed by atoms with Crippen LogP contribution >= 0.6 is 0 Å². The van der Waals surface area contributed by atoms with Crippen molar-refractivity contribution in [2.24, 2.45) is 0 Å². The van der Waals surface area contributed by atoms with Crippen LogP contribution in [0.5, 0.6) is 5.75 Å². The number of anilines is 1. The summed E-state index contributed by atoms with van der Waals surface area (Å²) in [5, 5.41) is 9.64. The highest BCUT2D eigenvalue weighted by Gasteiger charge is 2.39. The second-order valence-corrected chi connectivity index (χ2v) is 9.04. The Morgan fingerprint density at radius 3 is 2.43 bits per heavy atom. The Hall–Kier alpha value is -2.79. The van der Waals surface area contributed by atoms with Crippen LogP contribution in [0.15, 0.2) is 48.5 Å². The Balaban J connectivity index is 2.16.